The second kappa shape index (κ2) is 6.89. The monoisotopic (exact) mass is 280 g/mol. The number of hydrogen-bond donors (Lipinski definition) is 0. The van der Waals surface area contributed by atoms with Gasteiger partial charge in [0.2, 0.25) is 0 Å². The summed E-state index contributed by atoms with van der Waals surface area (Å²) >= 11 is 0. The fraction of sp³-hybridized carbons (Fsp3) is 0.211. The van der Waals surface area contributed by atoms with E-state index in [9.17, 15) is 4.79 Å². The molecule has 0 aromatic heterocycles. The molecule has 1 atom stereocenters. The summed E-state index contributed by atoms with van der Waals surface area (Å²) in [4.78, 5) is 12.0. The Morgan fingerprint density at radius 3 is 2.29 bits per heavy atom. The van der Waals surface area contributed by atoms with Crippen LogP contribution in [0.4, 0.5) is 0 Å². The maximum atomic E-state index is 12.0. The maximum Gasteiger partial charge on any atom is 0.343 e. The van der Waals surface area contributed by atoms with Crippen molar-refractivity contribution in [1.82, 2.24) is 0 Å². The minimum absolute atomic E-state index is 0.345. The Kier molecular flexibility index (Phi) is 4.94. The fourth-order valence-electron chi connectivity index (χ4n) is 2.02. The summed E-state index contributed by atoms with van der Waals surface area (Å²) in [6, 6.07) is 14.9. The first kappa shape index (κ1) is 15.0. The lowest BCUT2D eigenvalue weighted by Gasteiger charge is -2.10. The summed E-state index contributed by atoms with van der Waals surface area (Å²) in [6.45, 7) is 8.03. The second-order valence-corrected chi connectivity index (χ2v) is 5.09. The summed E-state index contributed by atoms with van der Waals surface area (Å²) in [6.07, 6.45) is 2.83. The SMILES string of the molecule is C=Cc1ccc(C(=O)Oc2ccc(C(C)CC)cc2)cc1. The van der Waals surface area contributed by atoms with Crippen LogP contribution in [0.1, 0.15) is 47.7 Å². The number of hydrogen-bond acceptors (Lipinski definition) is 2. The molecule has 0 radical (unpaired) electrons. The van der Waals surface area contributed by atoms with Crippen LogP contribution in [0, 0.1) is 0 Å². The minimum atomic E-state index is -0.345. The van der Waals surface area contributed by atoms with Gasteiger partial charge in [-0.25, -0.2) is 4.79 Å². The molecule has 0 aliphatic heterocycles. The van der Waals surface area contributed by atoms with Crippen molar-refractivity contribution in [2.24, 2.45) is 0 Å². The largest absolute Gasteiger partial charge is 0.423 e. The lowest BCUT2D eigenvalue weighted by Crippen LogP contribution is -2.08. The summed E-state index contributed by atoms with van der Waals surface area (Å²) < 4.78 is 5.38. The fourth-order valence-corrected chi connectivity index (χ4v) is 2.02. The summed E-state index contributed by atoms with van der Waals surface area (Å²) in [5.41, 5.74) is 2.77. The molecule has 0 aliphatic rings. The summed E-state index contributed by atoms with van der Waals surface area (Å²) in [5, 5.41) is 0. The highest BCUT2D eigenvalue weighted by Gasteiger charge is 2.09. The highest BCUT2D eigenvalue weighted by molar-refractivity contribution is 5.91. The van der Waals surface area contributed by atoms with Crippen molar-refractivity contribution >= 4 is 12.0 Å². The predicted octanol–water partition coefficient (Wildman–Crippen LogP) is 5.06. The summed E-state index contributed by atoms with van der Waals surface area (Å²) in [7, 11) is 0. The Balaban J connectivity index is 2.06. The average Bonchev–Trinajstić information content (AvgIpc) is 2.55. The third-order valence-corrected chi connectivity index (χ3v) is 3.65. The van der Waals surface area contributed by atoms with Crippen LogP contribution in [0.25, 0.3) is 6.08 Å². The van der Waals surface area contributed by atoms with Gasteiger partial charge < -0.3 is 4.74 Å². The van der Waals surface area contributed by atoms with Gasteiger partial charge in [-0.15, -0.1) is 0 Å². The molecule has 0 spiro atoms. The molecule has 2 aromatic carbocycles. The highest BCUT2D eigenvalue weighted by atomic mass is 16.5. The topological polar surface area (TPSA) is 26.3 Å². The van der Waals surface area contributed by atoms with Gasteiger partial charge in [-0.05, 0) is 47.7 Å². The molecule has 0 saturated carbocycles. The van der Waals surface area contributed by atoms with Crippen molar-refractivity contribution in [3.05, 3.63) is 71.8 Å². The van der Waals surface area contributed by atoms with Gasteiger partial charge >= 0.3 is 5.97 Å². The molecule has 0 fully saturated rings. The molecule has 0 amide bonds. The highest BCUT2D eigenvalue weighted by Crippen LogP contribution is 2.22. The number of esters is 1. The van der Waals surface area contributed by atoms with E-state index in [-0.39, 0.29) is 5.97 Å². The molecule has 0 bridgehead atoms. The Morgan fingerprint density at radius 1 is 1.14 bits per heavy atom. The molecule has 1 unspecified atom stereocenters. The van der Waals surface area contributed by atoms with Crippen LogP contribution in [-0.2, 0) is 0 Å². The standard InChI is InChI=1S/C19H20O2/c1-4-14(3)16-10-12-18(13-11-16)21-19(20)17-8-6-15(5-2)7-9-17/h5-14H,2,4H2,1,3H3. The van der Waals surface area contributed by atoms with Crippen LogP contribution in [0.2, 0.25) is 0 Å². The third kappa shape index (κ3) is 3.82. The van der Waals surface area contributed by atoms with Gasteiger partial charge in [-0.3, -0.25) is 0 Å². The Morgan fingerprint density at radius 2 is 1.76 bits per heavy atom. The molecule has 2 heteroatoms. The van der Waals surface area contributed by atoms with Crippen LogP contribution < -0.4 is 4.74 Å². The van der Waals surface area contributed by atoms with E-state index < -0.39 is 0 Å². The normalized spacial score (nSPS) is 11.7. The second-order valence-electron chi connectivity index (χ2n) is 5.09. The smallest absolute Gasteiger partial charge is 0.343 e. The molecule has 2 nitrogen and oxygen atoms in total. The van der Waals surface area contributed by atoms with E-state index >= 15 is 0 Å². The third-order valence-electron chi connectivity index (χ3n) is 3.65. The Hall–Kier alpha value is -2.35. The van der Waals surface area contributed by atoms with Crippen molar-refractivity contribution < 1.29 is 9.53 Å². The van der Waals surface area contributed by atoms with E-state index in [1.165, 1.54) is 5.56 Å². The van der Waals surface area contributed by atoms with Crippen LogP contribution in [0.3, 0.4) is 0 Å². The zero-order valence-corrected chi connectivity index (χ0v) is 12.5. The first-order valence-electron chi connectivity index (χ1n) is 7.18. The van der Waals surface area contributed by atoms with Crippen molar-refractivity contribution in [1.29, 1.82) is 0 Å². The Bertz CT molecular complexity index is 609. The zero-order valence-electron chi connectivity index (χ0n) is 12.5. The van der Waals surface area contributed by atoms with Gasteiger partial charge in [0.1, 0.15) is 5.75 Å². The van der Waals surface area contributed by atoms with E-state index in [4.69, 9.17) is 4.74 Å². The van der Waals surface area contributed by atoms with Gasteiger partial charge in [-0.1, -0.05) is 50.8 Å². The lowest BCUT2D eigenvalue weighted by atomic mass is 9.99. The van der Waals surface area contributed by atoms with Crippen LogP contribution >= 0.6 is 0 Å². The van der Waals surface area contributed by atoms with Crippen molar-refractivity contribution in [3.63, 3.8) is 0 Å². The Labute approximate surface area is 126 Å². The minimum Gasteiger partial charge on any atom is -0.423 e. The molecule has 2 aromatic rings. The van der Waals surface area contributed by atoms with Gasteiger partial charge in [0.25, 0.3) is 0 Å². The van der Waals surface area contributed by atoms with E-state index in [1.54, 1.807) is 18.2 Å². The first-order valence-corrected chi connectivity index (χ1v) is 7.18. The van der Waals surface area contributed by atoms with Crippen LogP contribution in [-0.4, -0.2) is 5.97 Å². The molecule has 21 heavy (non-hydrogen) atoms. The van der Waals surface area contributed by atoms with E-state index in [0.717, 1.165) is 12.0 Å². The van der Waals surface area contributed by atoms with Crippen LogP contribution in [0.15, 0.2) is 55.1 Å². The molecule has 2 rings (SSSR count). The maximum absolute atomic E-state index is 12.0. The quantitative estimate of drug-likeness (QED) is 0.565. The molecule has 0 heterocycles. The van der Waals surface area contributed by atoms with Gasteiger partial charge in [0, 0.05) is 0 Å². The molecule has 0 saturated heterocycles. The predicted molar refractivity (Wildman–Crippen MR) is 86.6 cm³/mol. The van der Waals surface area contributed by atoms with Crippen molar-refractivity contribution in [3.8, 4) is 5.75 Å². The van der Waals surface area contributed by atoms with E-state index in [1.807, 2.05) is 36.4 Å². The number of carbonyl (C=O) groups excluding carboxylic acids is 1. The van der Waals surface area contributed by atoms with Gasteiger partial charge in [0.05, 0.1) is 5.56 Å². The number of carbonyl (C=O) groups is 1. The van der Waals surface area contributed by atoms with Crippen molar-refractivity contribution in [2.75, 3.05) is 0 Å². The molecule has 0 N–H and O–H groups in total. The number of benzene rings is 2. The molecule has 108 valence electrons. The van der Waals surface area contributed by atoms with Gasteiger partial charge in [-0.2, -0.15) is 0 Å². The van der Waals surface area contributed by atoms with E-state index in [2.05, 4.69) is 20.4 Å². The van der Waals surface area contributed by atoms with Crippen molar-refractivity contribution in [2.45, 2.75) is 26.2 Å². The molecule has 0 aliphatic carbocycles. The summed E-state index contributed by atoms with van der Waals surface area (Å²) in [5.74, 6) is 0.739. The molecular weight excluding hydrogens is 260 g/mol. The van der Waals surface area contributed by atoms with E-state index in [0.29, 0.717) is 17.2 Å². The first-order chi connectivity index (χ1) is 10.1. The number of ether oxygens (including phenoxy) is 1. The molecular formula is C19H20O2. The van der Waals surface area contributed by atoms with Gasteiger partial charge in [0.15, 0.2) is 0 Å². The van der Waals surface area contributed by atoms with Crippen LogP contribution in [0.5, 0.6) is 5.75 Å². The number of rotatable bonds is 5. The lowest BCUT2D eigenvalue weighted by molar-refractivity contribution is 0.0734. The average molecular weight is 280 g/mol. The zero-order chi connectivity index (χ0) is 15.2.